The van der Waals surface area contributed by atoms with Gasteiger partial charge >= 0.3 is 0 Å². The van der Waals surface area contributed by atoms with Crippen molar-refractivity contribution in [2.24, 2.45) is 0 Å². The van der Waals surface area contributed by atoms with Crippen LogP contribution in [0, 0.1) is 20.8 Å². The summed E-state index contributed by atoms with van der Waals surface area (Å²) in [4.78, 5) is 0. The van der Waals surface area contributed by atoms with E-state index in [-0.39, 0.29) is 23.3 Å². The molecule has 3 aromatic rings. The van der Waals surface area contributed by atoms with Gasteiger partial charge in [-0.15, -0.1) is 0 Å². The summed E-state index contributed by atoms with van der Waals surface area (Å²) < 4.78 is 0. The van der Waals surface area contributed by atoms with Gasteiger partial charge in [-0.2, -0.15) is 0 Å². The molecule has 3 rings (SSSR count). The topological polar surface area (TPSA) is 60.7 Å². The van der Waals surface area contributed by atoms with Gasteiger partial charge in [-0.05, 0) is 78.3 Å². The van der Waals surface area contributed by atoms with E-state index in [0.717, 1.165) is 33.4 Å². The van der Waals surface area contributed by atoms with Crippen molar-refractivity contribution in [3.63, 3.8) is 0 Å². The smallest absolute Gasteiger partial charge is 0.118 e. The lowest BCUT2D eigenvalue weighted by atomic mass is 9.77. The van der Waals surface area contributed by atoms with Crippen molar-refractivity contribution in [1.29, 1.82) is 0 Å². The fraction of sp³-hybridized carbons (Fsp3) is 0.250. The quantitative estimate of drug-likeness (QED) is 0.561. The molecule has 0 aliphatic heterocycles. The summed E-state index contributed by atoms with van der Waals surface area (Å²) in [6.07, 6.45) is 0. The first kappa shape index (κ1) is 18.8. The molecule has 3 nitrogen and oxygen atoms in total. The first-order valence-electron chi connectivity index (χ1n) is 9.16. The number of rotatable bonds is 4. The Hall–Kier alpha value is -2.94. The molecule has 0 fully saturated rings. The maximum Gasteiger partial charge on any atom is 0.118 e. The minimum atomic E-state index is 0.0487. The van der Waals surface area contributed by atoms with Crippen molar-refractivity contribution < 1.29 is 15.3 Å². The van der Waals surface area contributed by atoms with E-state index in [1.54, 1.807) is 18.2 Å². The molecule has 1 unspecified atom stereocenters. The Kier molecular flexibility index (Phi) is 5.13. The second-order valence-corrected chi connectivity index (χ2v) is 7.40. The van der Waals surface area contributed by atoms with Crippen LogP contribution in [0.2, 0.25) is 0 Å². The number of phenolic OH excluding ortho intramolecular Hbond substituents is 3. The Morgan fingerprint density at radius 2 is 0.889 bits per heavy atom. The molecule has 1 atom stereocenters. The number of hydrogen-bond donors (Lipinski definition) is 3. The molecule has 0 heterocycles. The standard InChI is InChI=1S/C24H26O3/c1-14-11-18(5-8-21(14)25)17(4)24(19-6-9-22(26)15(2)12-19)20-7-10-23(27)16(3)13-20/h5-13,17,24-27H,1-4H3. The van der Waals surface area contributed by atoms with Gasteiger partial charge in [-0.3, -0.25) is 0 Å². The molecule has 3 N–H and O–H groups in total. The molecule has 0 spiro atoms. The van der Waals surface area contributed by atoms with Crippen molar-refractivity contribution in [1.82, 2.24) is 0 Å². The first-order valence-corrected chi connectivity index (χ1v) is 9.16. The lowest BCUT2D eigenvalue weighted by Crippen LogP contribution is -2.11. The summed E-state index contributed by atoms with van der Waals surface area (Å²) >= 11 is 0. The Morgan fingerprint density at radius 1 is 0.556 bits per heavy atom. The summed E-state index contributed by atoms with van der Waals surface area (Å²) in [5, 5.41) is 29.8. The van der Waals surface area contributed by atoms with E-state index in [9.17, 15) is 15.3 Å². The molecule has 0 amide bonds. The third-order valence-corrected chi connectivity index (χ3v) is 5.41. The Bertz CT molecular complexity index is 924. The molecule has 3 heteroatoms. The number of aromatic hydroxyl groups is 3. The summed E-state index contributed by atoms with van der Waals surface area (Å²) in [5.41, 5.74) is 5.86. The van der Waals surface area contributed by atoms with Gasteiger partial charge in [0.15, 0.2) is 0 Å². The average molecular weight is 362 g/mol. The fourth-order valence-corrected chi connectivity index (χ4v) is 3.67. The molecule has 0 aliphatic carbocycles. The largest absolute Gasteiger partial charge is 0.508 e. The fourth-order valence-electron chi connectivity index (χ4n) is 3.67. The van der Waals surface area contributed by atoms with Crippen molar-refractivity contribution in [3.8, 4) is 17.2 Å². The number of hydrogen-bond acceptors (Lipinski definition) is 3. The van der Waals surface area contributed by atoms with Crippen LogP contribution in [0.1, 0.15) is 52.1 Å². The van der Waals surface area contributed by atoms with Gasteiger partial charge < -0.3 is 15.3 Å². The highest BCUT2D eigenvalue weighted by molar-refractivity contribution is 5.47. The molecule has 140 valence electrons. The molecule has 0 aromatic heterocycles. The zero-order valence-electron chi connectivity index (χ0n) is 16.2. The van der Waals surface area contributed by atoms with Crippen LogP contribution in [0.5, 0.6) is 17.2 Å². The highest BCUT2D eigenvalue weighted by Gasteiger charge is 2.24. The van der Waals surface area contributed by atoms with Crippen molar-refractivity contribution in [3.05, 3.63) is 88.0 Å². The van der Waals surface area contributed by atoms with E-state index in [4.69, 9.17) is 0 Å². The van der Waals surface area contributed by atoms with Gasteiger partial charge in [-0.25, -0.2) is 0 Å². The van der Waals surface area contributed by atoms with Crippen LogP contribution in [0.15, 0.2) is 54.6 Å². The lowest BCUT2D eigenvalue weighted by molar-refractivity contribution is 0.468. The Balaban J connectivity index is 2.14. The van der Waals surface area contributed by atoms with Crippen molar-refractivity contribution in [2.75, 3.05) is 0 Å². The molecule has 27 heavy (non-hydrogen) atoms. The number of phenols is 3. The summed E-state index contributed by atoms with van der Waals surface area (Å²) in [6.45, 7) is 7.86. The average Bonchev–Trinajstić information content (AvgIpc) is 2.63. The summed E-state index contributed by atoms with van der Waals surface area (Å²) in [6, 6.07) is 17.1. The van der Waals surface area contributed by atoms with Crippen LogP contribution in [-0.2, 0) is 0 Å². The molecule has 0 radical (unpaired) electrons. The van der Waals surface area contributed by atoms with Crippen LogP contribution >= 0.6 is 0 Å². The maximum absolute atomic E-state index is 9.94. The Morgan fingerprint density at radius 3 is 1.26 bits per heavy atom. The minimum Gasteiger partial charge on any atom is -0.508 e. The Labute approximate surface area is 160 Å². The molecule has 0 saturated heterocycles. The molecule has 0 saturated carbocycles. The van der Waals surface area contributed by atoms with Crippen LogP contribution < -0.4 is 0 Å². The second kappa shape index (κ2) is 7.36. The van der Waals surface area contributed by atoms with E-state index in [1.165, 1.54) is 0 Å². The van der Waals surface area contributed by atoms with Gasteiger partial charge in [-0.1, -0.05) is 43.3 Å². The van der Waals surface area contributed by atoms with Crippen molar-refractivity contribution >= 4 is 0 Å². The molecule has 0 aliphatic rings. The predicted molar refractivity (Wildman–Crippen MR) is 109 cm³/mol. The maximum atomic E-state index is 9.94. The zero-order chi connectivity index (χ0) is 19.7. The lowest BCUT2D eigenvalue weighted by Gasteiger charge is -2.27. The zero-order valence-corrected chi connectivity index (χ0v) is 16.2. The van der Waals surface area contributed by atoms with E-state index in [2.05, 4.69) is 6.92 Å². The van der Waals surface area contributed by atoms with Crippen LogP contribution in [-0.4, -0.2) is 15.3 Å². The molecular weight excluding hydrogens is 336 g/mol. The van der Waals surface area contributed by atoms with Gasteiger partial charge in [0, 0.05) is 5.92 Å². The number of benzene rings is 3. The van der Waals surface area contributed by atoms with Crippen LogP contribution in [0.3, 0.4) is 0 Å². The van der Waals surface area contributed by atoms with E-state index in [0.29, 0.717) is 5.75 Å². The minimum absolute atomic E-state index is 0.0487. The highest BCUT2D eigenvalue weighted by atomic mass is 16.3. The third-order valence-electron chi connectivity index (χ3n) is 5.41. The molecule has 0 bridgehead atoms. The molecular formula is C24H26O3. The number of aryl methyl sites for hydroxylation is 3. The van der Waals surface area contributed by atoms with Crippen molar-refractivity contribution in [2.45, 2.75) is 39.5 Å². The molecule has 3 aromatic carbocycles. The van der Waals surface area contributed by atoms with E-state index < -0.39 is 0 Å². The highest BCUT2D eigenvalue weighted by Crippen LogP contribution is 2.41. The van der Waals surface area contributed by atoms with Gasteiger partial charge in [0.05, 0.1) is 0 Å². The van der Waals surface area contributed by atoms with Crippen LogP contribution in [0.4, 0.5) is 0 Å². The van der Waals surface area contributed by atoms with E-state index in [1.807, 2.05) is 57.2 Å². The SMILES string of the molecule is Cc1cc(C(C)C(c2ccc(O)c(C)c2)c2ccc(O)c(C)c2)ccc1O. The normalized spacial score (nSPS) is 12.3. The van der Waals surface area contributed by atoms with Gasteiger partial charge in [0.1, 0.15) is 17.2 Å². The van der Waals surface area contributed by atoms with E-state index >= 15 is 0 Å². The first-order chi connectivity index (χ1) is 12.8. The summed E-state index contributed by atoms with van der Waals surface area (Å²) in [5.74, 6) is 1.05. The third kappa shape index (κ3) is 3.77. The summed E-state index contributed by atoms with van der Waals surface area (Å²) in [7, 11) is 0. The predicted octanol–water partition coefficient (Wildman–Crippen LogP) is 5.66. The van der Waals surface area contributed by atoms with Crippen LogP contribution in [0.25, 0.3) is 0 Å². The van der Waals surface area contributed by atoms with Gasteiger partial charge in [0.2, 0.25) is 0 Å². The van der Waals surface area contributed by atoms with Gasteiger partial charge in [0.25, 0.3) is 0 Å². The monoisotopic (exact) mass is 362 g/mol. The second-order valence-electron chi connectivity index (χ2n) is 7.40.